The van der Waals surface area contributed by atoms with E-state index in [1.165, 1.54) is 11.8 Å². The van der Waals surface area contributed by atoms with Crippen molar-refractivity contribution in [3.63, 3.8) is 0 Å². The van der Waals surface area contributed by atoms with Crippen LogP contribution in [0, 0.1) is 25.2 Å². The molecule has 2 aromatic rings. The van der Waals surface area contributed by atoms with Crippen molar-refractivity contribution in [1.82, 2.24) is 10.2 Å². The summed E-state index contributed by atoms with van der Waals surface area (Å²) < 4.78 is 0.878. The Morgan fingerprint density at radius 3 is 2.75 bits per heavy atom. The molecule has 0 radical (unpaired) electrons. The van der Waals surface area contributed by atoms with Gasteiger partial charge in [-0.15, -0.1) is 10.2 Å². The van der Waals surface area contributed by atoms with E-state index in [2.05, 4.69) is 16.3 Å². The molecule has 0 spiro atoms. The first-order valence-electron chi connectivity index (χ1n) is 4.68. The third-order valence-electron chi connectivity index (χ3n) is 2.03. The number of nitrogens with zero attached hydrogens (tertiary/aromatic N) is 3. The van der Waals surface area contributed by atoms with E-state index in [-0.39, 0.29) is 0 Å². The molecule has 0 saturated heterocycles. The maximum absolute atomic E-state index is 9.03. The normalized spacial score (nSPS) is 10.1. The van der Waals surface area contributed by atoms with Gasteiger partial charge in [0, 0.05) is 4.90 Å². The summed E-state index contributed by atoms with van der Waals surface area (Å²) in [6.45, 7) is 3.92. The van der Waals surface area contributed by atoms with Crippen LogP contribution >= 0.6 is 23.1 Å². The molecule has 0 saturated carbocycles. The highest BCUT2D eigenvalue weighted by atomic mass is 32.2. The van der Waals surface area contributed by atoms with Gasteiger partial charge in [0.05, 0.1) is 5.56 Å². The quantitative estimate of drug-likeness (QED) is 0.817. The molecule has 0 N–H and O–H groups in total. The lowest BCUT2D eigenvalue weighted by molar-refractivity contribution is 0.983. The van der Waals surface area contributed by atoms with Crippen LogP contribution in [0.2, 0.25) is 0 Å². The van der Waals surface area contributed by atoms with Crippen molar-refractivity contribution in [3.8, 4) is 6.07 Å². The van der Waals surface area contributed by atoms with Crippen LogP contribution in [0.25, 0.3) is 0 Å². The Balaban J connectivity index is 2.38. The van der Waals surface area contributed by atoms with Gasteiger partial charge in [-0.05, 0) is 25.5 Å². The Kier molecular flexibility index (Phi) is 3.22. The Morgan fingerprint density at radius 2 is 2.12 bits per heavy atom. The van der Waals surface area contributed by atoms with Crippen LogP contribution in [0.4, 0.5) is 0 Å². The lowest BCUT2D eigenvalue weighted by atomic mass is 10.1. The monoisotopic (exact) mass is 247 g/mol. The predicted octanol–water partition coefficient (Wildman–Crippen LogP) is 3.18. The average molecular weight is 247 g/mol. The van der Waals surface area contributed by atoms with Crippen molar-refractivity contribution in [2.75, 3.05) is 0 Å². The van der Waals surface area contributed by atoms with E-state index in [0.29, 0.717) is 5.56 Å². The molecule has 0 aliphatic carbocycles. The highest BCUT2D eigenvalue weighted by Gasteiger charge is 2.09. The molecule has 0 atom stereocenters. The van der Waals surface area contributed by atoms with Gasteiger partial charge in [-0.3, -0.25) is 0 Å². The Morgan fingerprint density at radius 1 is 1.31 bits per heavy atom. The minimum absolute atomic E-state index is 0.692. The molecule has 0 aliphatic rings. The summed E-state index contributed by atoms with van der Waals surface area (Å²) in [5.74, 6) is 0. The summed E-state index contributed by atoms with van der Waals surface area (Å²) in [5, 5.41) is 18.0. The van der Waals surface area contributed by atoms with Crippen molar-refractivity contribution in [1.29, 1.82) is 5.26 Å². The van der Waals surface area contributed by atoms with Crippen molar-refractivity contribution in [2.45, 2.75) is 23.1 Å². The zero-order valence-electron chi connectivity index (χ0n) is 8.89. The largest absolute Gasteiger partial charge is 0.192 e. The van der Waals surface area contributed by atoms with Gasteiger partial charge in [0.2, 0.25) is 0 Å². The molecule has 3 nitrogen and oxygen atoms in total. The van der Waals surface area contributed by atoms with Crippen molar-refractivity contribution in [3.05, 3.63) is 34.3 Å². The molecule has 1 heterocycles. The highest BCUT2D eigenvalue weighted by Crippen LogP contribution is 2.34. The highest BCUT2D eigenvalue weighted by molar-refractivity contribution is 8.01. The molecular formula is C11H9N3S2. The molecule has 80 valence electrons. The fourth-order valence-electron chi connectivity index (χ4n) is 1.28. The molecule has 0 aliphatic heterocycles. The van der Waals surface area contributed by atoms with Crippen molar-refractivity contribution in [2.24, 2.45) is 0 Å². The zero-order chi connectivity index (χ0) is 11.5. The van der Waals surface area contributed by atoms with Crippen molar-refractivity contribution >= 4 is 23.1 Å². The summed E-state index contributed by atoms with van der Waals surface area (Å²) in [4.78, 5) is 0.973. The smallest absolute Gasteiger partial charge is 0.179 e. The average Bonchev–Trinajstić information content (AvgIpc) is 2.67. The number of rotatable bonds is 2. The Bertz CT molecular complexity index is 555. The number of hydrogen-bond donors (Lipinski definition) is 0. The Labute approximate surface area is 102 Å². The van der Waals surface area contributed by atoms with E-state index in [1.807, 2.05) is 32.0 Å². The van der Waals surface area contributed by atoms with Gasteiger partial charge < -0.3 is 0 Å². The summed E-state index contributed by atoms with van der Waals surface area (Å²) >= 11 is 3.05. The Hall–Kier alpha value is -1.38. The van der Waals surface area contributed by atoms with Gasteiger partial charge in [-0.2, -0.15) is 5.26 Å². The first-order chi connectivity index (χ1) is 7.70. The van der Waals surface area contributed by atoms with Crippen LogP contribution in [-0.2, 0) is 0 Å². The first-order valence-corrected chi connectivity index (χ1v) is 6.31. The molecule has 5 heteroatoms. The number of aromatic nitrogens is 2. The molecule has 0 unspecified atom stereocenters. The van der Waals surface area contributed by atoms with E-state index in [0.717, 1.165) is 19.8 Å². The molecule has 0 fully saturated rings. The van der Waals surface area contributed by atoms with Crippen LogP contribution in [0.5, 0.6) is 0 Å². The van der Waals surface area contributed by atoms with E-state index in [9.17, 15) is 0 Å². The molecular weight excluding hydrogens is 238 g/mol. The minimum Gasteiger partial charge on any atom is -0.192 e. The molecule has 0 amide bonds. The van der Waals surface area contributed by atoms with Gasteiger partial charge in [0.1, 0.15) is 11.1 Å². The van der Waals surface area contributed by atoms with Crippen LogP contribution in [0.1, 0.15) is 16.1 Å². The minimum atomic E-state index is 0.692. The van der Waals surface area contributed by atoms with Gasteiger partial charge in [0.25, 0.3) is 0 Å². The second kappa shape index (κ2) is 4.64. The SMILES string of the molecule is Cc1nnc(Sc2c(C)cccc2C#N)s1. The van der Waals surface area contributed by atoms with E-state index in [1.54, 1.807) is 11.3 Å². The van der Waals surface area contributed by atoms with E-state index < -0.39 is 0 Å². The fourth-order valence-corrected chi connectivity index (χ4v) is 3.19. The van der Waals surface area contributed by atoms with Crippen LogP contribution < -0.4 is 0 Å². The van der Waals surface area contributed by atoms with Gasteiger partial charge >= 0.3 is 0 Å². The van der Waals surface area contributed by atoms with Gasteiger partial charge in [0.15, 0.2) is 4.34 Å². The van der Waals surface area contributed by atoms with Crippen LogP contribution in [0.3, 0.4) is 0 Å². The molecule has 2 rings (SSSR count). The van der Waals surface area contributed by atoms with E-state index >= 15 is 0 Å². The van der Waals surface area contributed by atoms with Crippen molar-refractivity contribution < 1.29 is 0 Å². The number of benzene rings is 1. The molecule has 1 aromatic carbocycles. The summed E-state index contributed by atoms with van der Waals surface area (Å²) in [7, 11) is 0. The standard InChI is InChI=1S/C11H9N3S2/c1-7-4-3-5-9(6-12)10(7)16-11-14-13-8(2)15-11/h3-5H,1-2H3. The summed E-state index contributed by atoms with van der Waals surface area (Å²) in [6, 6.07) is 7.91. The van der Waals surface area contributed by atoms with E-state index in [4.69, 9.17) is 5.26 Å². The molecule has 16 heavy (non-hydrogen) atoms. The summed E-state index contributed by atoms with van der Waals surface area (Å²) in [5.41, 5.74) is 1.79. The third-order valence-corrected chi connectivity index (χ3v) is 4.16. The maximum atomic E-state index is 9.03. The summed E-state index contributed by atoms with van der Waals surface area (Å²) in [6.07, 6.45) is 0. The number of nitriles is 1. The second-order valence-corrected chi connectivity index (χ2v) is 5.69. The van der Waals surface area contributed by atoms with Crippen LogP contribution in [-0.4, -0.2) is 10.2 Å². The second-order valence-electron chi connectivity index (χ2n) is 3.25. The van der Waals surface area contributed by atoms with Gasteiger partial charge in [-0.25, -0.2) is 0 Å². The number of aryl methyl sites for hydroxylation is 2. The molecule has 0 bridgehead atoms. The van der Waals surface area contributed by atoms with Gasteiger partial charge in [-0.1, -0.05) is 35.2 Å². The predicted molar refractivity (Wildman–Crippen MR) is 64.7 cm³/mol. The lowest BCUT2D eigenvalue weighted by Crippen LogP contribution is -1.85. The number of hydrogen-bond acceptors (Lipinski definition) is 5. The topological polar surface area (TPSA) is 49.6 Å². The zero-order valence-corrected chi connectivity index (χ0v) is 10.5. The fraction of sp³-hybridized carbons (Fsp3) is 0.182. The maximum Gasteiger partial charge on any atom is 0.179 e. The lowest BCUT2D eigenvalue weighted by Gasteiger charge is -2.04. The first kappa shape index (κ1) is 11.1. The third kappa shape index (κ3) is 2.23. The molecule has 1 aromatic heterocycles. The van der Waals surface area contributed by atoms with Crippen LogP contribution in [0.15, 0.2) is 27.4 Å².